The topological polar surface area (TPSA) is 38.2 Å². The van der Waals surface area contributed by atoms with E-state index in [0.717, 1.165) is 55.7 Å². The summed E-state index contributed by atoms with van der Waals surface area (Å²) in [6, 6.07) is 0. The van der Waals surface area contributed by atoms with Gasteiger partial charge in [-0.15, -0.1) is 0 Å². The van der Waals surface area contributed by atoms with E-state index < -0.39 is 0 Å². The first-order valence-corrected chi connectivity index (χ1v) is 6.53. The highest BCUT2D eigenvalue weighted by Crippen LogP contribution is 2.31. The van der Waals surface area contributed by atoms with Crippen molar-refractivity contribution in [2.24, 2.45) is 5.92 Å². The maximum Gasteiger partial charge on any atom is 0.237 e. The molecule has 1 fully saturated rings. The van der Waals surface area contributed by atoms with Crippen molar-refractivity contribution in [2.45, 2.75) is 32.1 Å². The maximum absolute atomic E-state index is 5.66. The minimum Gasteiger partial charge on any atom is -0.476 e. The molecule has 4 heteroatoms. The van der Waals surface area contributed by atoms with Gasteiger partial charge in [0.2, 0.25) is 5.88 Å². The number of aromatic nitrogens is 2. The molecule has 0 atom stereocenters. The summed E-state index contributed by atoms with van der Waals surface area (Å²) in [5.74, 6) is 2.56. The molecule has 17 heavy (non-hydrogen) atoms. The summed E-state index contributed by atoms with van der Waals surface area (Å²) in [6.07, 6.45) is 7.85. The Bertz CT molecular complexity index is 404. The molecule has 2 aliphatic rings. The van der Waals surface area contributed by atoms with E-state index in [9.17, 15) is 0 Å². The van der Waals surface area contributed by atoms with Crippen molar-refractivity contribution < 1.29 is 4.74 Å². The number of hydrogen-bond donors (Lipinski definition) is 0. The Balaban J connectivity index is 1.78. The zero-order valence-corrected chi connectivity index (χ0v) is 10.4. The minimum absolute atomic E-state index is 0.752. The van der Waals surface area contributed by atoms with E-state index in [2.05, 4.69) is 21.9 Å². The lowest BCUT2D eigenvalue weighted by molar-refractivity contribution is 0.304. The molecule has 0 saturated heterocycles. The molecule has 2 heterocycles. The van der Waals surface area contributed by atoms with Gasteiger partial charge < -0.3 is 9.64 Å². The Labute approximate surface area is 102 Å². The summed E-state index contributed by atoms with van der Waals surface area (Å²) >= 11 is 0. The molecule has 1 aromatic heterocycles. The first-order chi connectivity index (χ1) is 8.33. The second kappa shape index (κ2) is 4.51. The fourth-order valence-electron chi connectivity index (χ4n) is 2.20. The molecule has 0 spiro atoms. The number of fused-ring (bicyclic) bond motifs is 1. The fraction of sp³-hybridized carbons (Fsp3) is 0.692. The summed E-state index contributed by atoms with van der Waals surface area (Å²) in [5.41, 5.74) is 1.02. The molecule has 1 saturated carbocycles. The molecular weight excluding hydrogens is 214 g/mol. The van der Waals surface area contributed by atoms with Crippen LogP contribution >= 0.6 is 0 Å². The molecule has 3 rings (SSSR count). The number of anilines is 1. The van der Waals surface area contributed by atoms with Crippen LogP contribution in [0, 0.1) is 5.92 Å². The van der Waals surface area contributed by atoms with Crippen LogP contribution in [-0.2, 0) is 6.42 Å². The molecule has 4 nitrogen and oxygen atoms in total. The van der Waals surface area contributed by atoms with E-state index in [1.165, 1.54) is 12.8 Å². The molecule has 0 radical (unpaired) electrons. The molecule has 1 aliphatic carbocycles. The molecule has 0 bridgehead atoms. The Hall–Kier alpha value is -1.32. The lowest BCUT2D eigenvalue weighted by Gasteiger charge is -2.18. The highest BCUT2D eigenvalue weighted by atomic mass is 16.5. The van der Waals surface area contributed by atoms with Crippen LogP contribution in [0.2, 0.25) is 0 Å². The van der Waals surface area contributed by atoms with E-state index in [1.807, 2.05) is 6.20 Å². The van der Waals surface area contributed by atoms with Crippen LogP contribution in [0.3, 0.4) is 0 Å². The van der Waals surface area contributed by atoms with Crippen LogP contribution in [0.1, 0.15) is 31.4 Å². The zero-order valence-electron chi connectivity index (χ0n) is 10.4. The predicted octanol–water partition coefficient (Wildman–Crippen LogP) is 2.04. The Kier molecular flexibility index (Phi) is 2.87. The van der Waals surface area contributed by atoms with Crippen molar-refractivity contribution in [1.82, 2.24) is 9.97 Å². The summed E-state index contributed by atoms with van der Waals surface area (Å²) in [4.78, 5) is 11.3. The Morgan fingerprint density at radius 2 is 2.29 bits per heavy atom. The summed E-state index contributed by atoms with van der Waals surface area (Å²) < 4.78 is 5.66. The van der Waals surface area contributed by atoms with Gasteiger partial charge in [-0.1, -0.05) is 0 Å². The Morgan fingerprint density at radius 1 is 1.41 bits per heavy atom. The summed E-state index contributed by atoms with van der Waals surface area (Å²) in [6.45, 7) is 1.87. The van der Waals surface area contributed by atoms with E-state index in [4.69, 9.17) is 4.74 Å². The van der Waals surface area contributed by atoms with Gasteiger partial charge in [-0.2, -0.15) is 4.98 Å². The first-order valence-electron chi connectivity index (χ1n) is 6.53. The third kappa shape index (κ3) is 2.51. The van der Waals surface area contributed by atoms with Gasteiger partial charge in [0.15, 0.2) is 5.82 Å². The highest BCUT2D eigenvalue weighted by Gasteiger charge is 2.24. The smallest absolute Gasteiger partial charge is 0.237 e. The quantitative estimate of drug-likeness (QED) is 0.800. The number of ether oxygens (including phenoxy) is 1. The molecular formula is C13H19N3O. The third-order valence-electron chi connectivity index (χ3n) is 3.47. The van der Waals surface area contributed by atoms with Crippen LogP contribution in [0.15, 0.2) is 6.20 Å². The van der Waals surface area contributed by atoms with Gasteiger partial charge in [-0.05, 0) is 38.0 Å². The van der Waals surface area contributed by atoms with Crippen molar-refractivity contribution >= 4 is 5.82 Å². The van der Waals surface area contributed by atoms with Crippen LogP contribution < -0.4 is 9.64 Å². The molecule has 0 aromatic carbocycles. The van der Waals surface area contributed by atoms with Gasteiger partial charge in [0.05, 0.1) is 12.8 Å². The van der Waals surface area contributed by atoms with Crippen LogP contribution in [0.4, 0.5) is 5.82 Å². The van der Waals surface area contributed by atoms with Crippen LogP contribution in [0.5, 0.6) is 5.88 Å². The van der Waals surface area contributed by atoms with Crippen molar-refractivity contribution in [3.8, 4) is 5.88 Å². The summed E-state index contributed by atoms with van der Waals surface area (Å²) in [7, 11) is 2.09. The van der Waals surface area contributed by atoms with Gasteiger partial charge in [-0.3, -0.25) is 4.98 Å². The van der Waals surface area contributed by atoms with Gasteiger partial charge in [-0.25, -0.2) is 0 Å². The number of hydrogen-bond acceptors (Lipinski definition) is 4. The molecule has 0 unspecified atom stereocenters. The lowest BCUT2D eigenvalue weighted by atomic mass is 10.2. The van der Waals surface area contributed by atoms with E-state index in [0.29, 0.717) is 0 Å². The van der Waals surface area contributed by atoms with Crippen molar-refractivity contribution in [3.05, 3.63) is 11.9 Å². The van der Waals surface area contributed by atoms with Gasteiger partial charge in [0, 0.05) is 13.6 Å². The molecule has 0 amide bonds. The maximum atomic E-state index is 5.66. The number of aryl methyl sites for hydroxylation is 1. The van der Waals surface area contributed by atoms with Crippen LogP contribution in [-0.4, -0.2) is 30.2 Å². The van der Waals surface area contributed by atoms with Crippen LogP contribution in [0.25, 0.3) is 0 Å². The minimum atomic E-state index is 0.752. The second-order valence-electron chi connectivity index (χ2n) is 5.11. The molecule has 0 N–H and O–H groups in total. The largest absolute Gasteiger partial charge is 0.476 e. The van der Waals surface area contributed by atoms with E-state index in [-0.39, 0.29) is 0 Å². The normalized spacial score (nSPS) is 19.1. The average Bonchev–Trinajstić information content (AvgIpc) is 3.14. The molecule has 92 valence electrons. The monoisotopic (exact) mass is 233 g/mol. The zero-order chi connectivity index (χ0) is 11.7. The fourth-order valence-corrected chi connectivity index (χ4v) is 2.20. The SMILES string of the molecule is CN(CC1CC1)c1cnc2c(n1)OCCCC2. The van der Waals surface area contributed by atoms with Crippen molar-refractivity contribution in [3.63, 3.8) is 0 Å². The second-order valence-corrected chi connectivity index (χ2v) is 5.11. The van der Waals surface area contributed by atoms with Gasteiger partial charge >= 0.3 is 0 Å². The van der Waals surface area contributed by atoms with Crippen molar-refractivity contribution in [1.29, 1.82) is 0 Å². The third-order valence-corrected chi connectivity index (χ3v) is 3.47. The lowest BCUT2D eigenvalue weighted by Crippen LogP contribution is -2.21. The van der Waals surface area contributed by atoms with Gasteiger partial charge in [0.1, 0.15) is 5.69 Å². The summed E-state index contributed by atoms with van der Waals surface area (Å²) in [5, 5.41) is 0. The van der Waals surface area contributed by atoms with E-state index in [1.54, 1.807) is 0 Å². The van der Waals surface area contributed by atoms with Crippen molar-refractivity contribution in [2.75, 3.05) is 25.1 Å². The molecule has 1 aliphatic heterocycles. The molecule has 1 aromatic rings. The average molecular weight is 233 g/mol. The number of nitrogens with zero attached hydrogens (tertiary/aromatic N) is 3. The highest BCUT2D eigenvalue weighted by molar-refractivity contribution is 5.39. The Morgan fingerprint density at radius 3 is 3.12 bits per heavy atom. The number of rotatable bonds is 3. The first kappa shape index (κ1) is 10.8. The standard InChI is InChI=1S/C13H19N3O/c1-16(9-10-5-6-10)12-8-14-11-4-2-3-7-17-13(11)15-12/h8,10H,2-7,9H2,1H3. The predicted molar refractivity (Wildman–Crippen MR) is 66.5 cm³/mol. The van der Waals surface area contributed by atoms with Gasteiger partial charge in [0.25, 0.3) is 0 Å². The van der Waals surface area contributed by atoms with E-state index >= 15 is 0 Å².